The molecule has 0 atom stereocenters. The Morgan fingerprint density at radius 1 is 1.57 bits per heavy atom. The maximum atomic E-state index is 10.8. The first kappa shape index (κ1) is 10.9. The molecular formula is C10H12ClNO2. The zero-order valence-electron chi connectivity index (χ0n) is 8.13. The van der Waals surface area contributed by atoms with E-state index in [9.17, 15) is 4.79 Å². The topological polar surface area (TPSA) is 38.3 Å². The number of hydrogen-bond acceptors (Lipinski definition) is 3. The Balaban J connectivity index is 2.63. The second kappa shape index (κ2) is 4.86. The number of methoxy groups -OCH3 is 1. The smallest absolute Gasteiger partial charge is 0.325 e. The third kappa shape index (κ3) is 2.92. The van der Waals surface area contributed by atoms with Crippen molar-refractivity contribution in [3.63, 3.8) is 0 Å². The summed E-state index contributed by atoms with van der Waals surface area (Å²) in [6.07, 6.45) is 0. The van der Waals surface area contributed by atoms with Gasteiger partial charge in [-0.25, -0.2) is 0 Å². The molecule has 0 aliphatic rings. The summed E-state index contributed by atoms with van der Waals surface area (Å²) >= 11 is 5.94. The van der Waals surface area contributed by atoms with Gasteiger partial charge in [0.2, 0.25) is 0 Å². The minimum absolute atomic E-state index is 0.124. The molecule has 0 saturated carbocycles. The molecule has 0 saturated heterocycles. The van der Waals surface area contributed by atoms with Crippen LogP contribution in [0.25, 0.3) is 0 Å². The standard InChI is InChI=1S/C10H12ClNO2/c1-7-3-4-9(8(11)5-7)12-6-10(13)14-2/h3-5,12H,6H2,1-2H3. The molecule has 1 rings (SSSR count). The van der Waals surface area contributed by atoms with Gasteiger partial charge in [0.25, 0.3) is 0 Å². The summed E-state index contributed by atoms with van der Waals surface area (Å²) < 4.78 is 4.49. The highest BCUT2D eigenvalue weighted by molar-refractivity contribution is 6.33. The van der Waals surface area contributed by atoms with E-state index in [4.69, 9.17) is 11.6 Å². The van der Waals surface area contributed by atoms with Crippen LogP contribution in [-0.4, -0.2) is 19.6 Å². The second-order valence-electron chi connectivity index (χ2n) is 2.91. The molecule has 0 heterocycles. The van der Waals surface area contributed by atoms with Crippen LogP contribution in [0.5, 0.6) is 0 Å². The molecule has 1 aromatic rings. The van der Waals surface area contributed by atoms with Crippen LogP contribution in [0.2, 0.25) is 5.02 Å². The molecule has 3 nitrogen and oxygen atoms in total. The van der Waals surface area contributed by atoms with E-state index in [1.807, 2.05) is 25.1 Å². The van der Waals surface area contributed by atoms with E-state index in [1.165, 1.54) is 7.11 Å². The predicted molar refractivity (Wildman–Crippen MR) is 56.7 cm³/mol. The maximum absolute atomic E-state index is 10.8. The Morgan fingerprint density at radius 3 is 2.86 bits per heavy atom. The summed E-state index contributed by atoms with van der Waals surface area (Å²) in [4.78, 5) is 10.8. The fourth-order valence-electron chi connectivity index (χ4n) is 1.00. The lowest BCUT2D eigenvalue weighted by Crippen LogP contribution is -2.15. The van der Waals surface area contributed by atoms with Crippen molar-refractivity contribution in [2.45, 2.75) is 6.92 Å². The number of nitrogens with one attached hydrogen (secondary N) is 1. The number of esters is 1. The number of anilines is 1. The van der Waals surface area contributed by atoms with Gasteiger partial charge in [-0.2, -0.15) is 0 Å². The van der Waals surface area contributed by atoms with Crippen molar-refractivity contribution < 1.29 is 9.53 Å². The van der Waals surface area contributed by atoms with Gasteiger partial charge in [-0.15, -0.1) is 0 Å². The Bertz CT molecular complexity index is 339. The molecule has 0 aliphatic carbocycles. The first-order chi connectivity index (χ1) is 6.63. The van der Waals surface area contributed by atoms with Crippen LogP contribution in [0.1, 0.15) is 5.56 Å². The average Bonchev–Trinajstić information content (AvgIpc) is 2.16. The summed E-state index contributed by atoms with van der Waals surface area (Å²) in [6.45, 7) is 2.08. The van der Waals surface area contributed by atoms with Crippen molar-refractivity contribution in [3.05, 3.63) is 28.8 Å². The van der Waals surface area contributed by atoms with Crippen LogP contribution in [-0.2, 0) is 9.53 Å². The van der Waals surface area contributed by atoms with Gasteiger partial charge in [0.05, 0.1) is 17.8 Å². The molecule has 1 N–H and O–H groups in total. The normalized spacial score (nSPS) is 9.64. The highest BCUT2D eigenvalue weighted by atomic mass is 35.5. The molecule has 1 aromatic carbocycles. The van der Waals surface area contributed by atoms with Gasteiger partial charge < -0.3 is 10.1 Å². The molecule has 0 unspecified atom stereocenters. The lowest BCUT2D eigenvalue weighted by Gasteiger charge is -2.07. The highest BCUT2D eigenvalue weighted by Crippen LogP contribution is 2.22. The molecule has 0 amide bonds. The molecule has 76 valence electrons. The molecule has 0 aliphatic heterocycles. The van der Waals surface area contributed by atoms with Crippen LogP contribution in [0.4, 0.5) is 5.69 Å². The Hall–Kier alpha value is -1.22. The molecule has 0 fully saturated rings. The van der Waals surface area contributed by atoms with Crippen molar-refractivity contribution in [1.29, 1.82) is 0 Å². The largest absolute Gasteiger partial charge is 0.468 e. The number of carbonyl (C=O) groups is 1. The fraction of sp³-hybridized carbons (Fsp3) is 0.300. The van der Waals surface area contributed by atoms with E-state index in [0.29, 0.717) is 5.02 Å². The molecular weight excluding hydrogens is 202 g/mol. The number of hydrogen-bond donors (Lipinski definition) is 1. The second-order valence-corrected chi connectivity index (χ2v) is 3.32. The van der Waals surface area contributed by atoms with Crippen LogP contribution in [0.3, 0.4) is 0 Å². The summed E-state index contributed by atoms with van der Waals surface area (Å²) in [5, 5.41) is 3.49. The third-order valence-corrected chi connectivity index (χ3v) is 2.09. The molecule has 14 heavy (non-hydrogen) atoms. The third-order valence-electron chi connectivity index (χ3n) is 1.78. The summed E-state index contributed by atoms with van der Waals surface area (Å²) in [7, 11) is 1.35. The zero-order valence-corrected chi connectivity index (χ0v) is 8.89. The van der Waals surface area contributed by atoms with Crippen molar-refractivity contribution in [1.82, 2.24) is 0 Å². The highest BCUT2D eigenvalue weighted by Gasteiger charge is 2.02. The molecule has 0 radical (unpaired) electrons. The fourth-order valence-corrected chi connectivity index (χ4v) is 1.30. The first-order valence-corrected chi connectivity index (χ1v) is 4.58. The Labute approximate surface area is 88.0 Å². The van der Waals surface area contributed by atoms with Gasteiger partial charge in [0.1, 0.15) is 6.54 Å². The van der Waals surface area contributed by atoms with E-state index in [0.717, 1.165) is 11.3 Å². The number of carbonyl (C=O) groups excluding carboxylic acids is 1. The number of benzene rings is 1. The van der Waals surface area contributed by atoms with Crippen molar-refractivity contribution >= 4 is 23.3 Å². The van der Waals surface area contributed by atoms with Gasteiger partial charge in [-0.1, -0.05) is 17.7 Å². The van der Waals surface area contributed by atoms with E-state index in [1.54, 1.807) is 0 Å². The quantitative estimate of drug-likeness (QED) is 0.783. The van der Waals surface area contributed by atoms with Crippen molar-refractivity contribution in [3.8, 4) is 0 Å². The van der Waals surface area contributed by atoms with Crippen LogP contribution >= 0.6 is 11.6 Å². The number of halogens is 1. The van der Waals surface area contributed by atoms with Crippen LogP contribution in [0, 0.1) is 6.92 Å². The molecule has 0 spiro atoms. The minimum Gasteiger partial charge on any atom is -0.468 e. The Morgan fingerprint density at radius 2 is 2.29 bits per heavy atom. The van der Waals surface area contributed by atoms with Gasteiger partial charge in [-0.05, 0) is 24.6 Å². The number of ether oxygens (including phenoxy) is 1. The maximum Gasteiger partial charge on any atom is 0.325 e. The molecule has 0 aromatic heterocycles. The predicted octanol–water partition coefficient (Wildman–Crippen LogP) is 2.23. The van der Waals surface area contributed by atoms with E-state index < -0.39 is 0 Å². The monoisotopic (exact) mass is 213 g/mol. The van der Waals surface area contributed by atoms with E-state index >= 15 is 0 Å². The van der Waals surface area contributed by atoms with Crippen LogP contribution < -0.4 is 5.32 Å². The average molecular weight is 214 g/mol. The van der Waals surface area contributed by atoms with Crippen LogP contribution in [0.15, 0.2) is 18.2 Å². The summed E-state index contributed by atoms with van der Waals surface area (Å²) in [5.74, 6) is -0.318. The Kier molecular flexibility index (Phi) is 3.77. The number of rotatable bonds is 3. The SMILES string of the molecule is COC(=O)CNc1ccc(C)cc1Cl. The molecule has 4 heteroatoms. The minimum atomic E-state index is -0.318. The van der Waals surface area contributed by atoms with Gasteiger partial charge >= 0.3 is 5.97 Å². The van der Waals surface area contributed by atoms with Gasteiger partial charge in [0, 0.05) is 0 Å². The zero-order chi connectivity index (χ0) is 10.6. The lowest BCUT2D eigenvalue weighted by atomic mass is 10.2. The van der Waals surface area contributed by atoms with Crippen molar-refractivity contribution in [2.75, 3.05) is 19.0 Å². The summed E-state index contributed by atoms with van der Waals surface area (Å²) in [5.41, 5.74) is 1.82. The van der Waals surface area contributed by atoms with Gasteiger partial charge in [-0.3, -0.25) is 4.79 Å². The lowest BCUT2D eigenvalue weighted by molar-refractivity contribution is -0.138. The number of aryl methyl sites for hydroxylation is 1. The van der Waals surface area contributed by atoms with E-state index in [-0.39, 0.29) is 12.5 Å². The summed E-state index contributed by atoms with van der Waals surface area (Å²) in [6, 6.07) is 5.59. The van der Waals surface area contributed by atoms with Gasteiger partial charge in [0.15, 0.2) is 0 Å². The van der Waals surface area contributed by atoms with E-state index in [2.05, 4.69) is 10.1 Å². The first-order valence-electron chi connectivity index (χ1n) is 4.20. The van der Waals surface area contributed by atoms with Crippen molar-refractivity contribution in [2.24, 2.45) is 0 Å². The molecule has 0 bridgehead atoms.